The monoisotopic (exact) mass is 253 g/mol. The summed E-state index contributed by atoms with van der Waals surface area (Å²) in [4.78, 5) is 12.9. The van der Waals surface area contributed by atoms with Gasteiger partial charge < -0.3 is 16.4 Å². The van der Waals surface area contributed by atoms with Crippen LogP contribution in [0.25, 0.3) is 0 Å². The second kappa shape index (κ2) is 5.71. The summed E-state index contributed by atoms with van der Waals surface area (Å²) in [5, 5.41) is 0. The molecule has 18 heavy (non-hydrogen) atoms. The van der Waals surface area contributed by atoms with Crippen molar-refractivity contribution in [3.8, 4) is 0 Å². The number of benzene rings is 1. The lowest BCUT2D eigenvalue weighted by atomic mass is 10.1. The van der Waals surface area contributed by atoms with Crippen LogP contribution in [-0.4, -0.2) is 19.5 Å². The second-order valence-electron chi connectivity index (χ2n) is 4.86. The summed E-state index contributed by atoms with van der Waals surface area (Å²) in [6.45, 7) is 4.90. The number of nitrogens with two attached hydrogens (primary N) is 2. The van der Waals surface area contributed by atoms with Crippen molar-refractivity contribution in [1.82, 2.24) is 0 Å². The van der Waals surface area contributed by atoms with Crippen molar-refractivity contribution in [2.45, 2.75) is 20.3 Å². The first kappa shape index (κ1) is 14.3. The quantitative estimate of drug-likeness (QED) is 0.788. The third-order valence-electron chi connectivity index (χ3n) is 2.84. The van der Waals surface area contributed by atoms with E-state index in [2.05, 4.69) is 13.8 Å². The van der Waals surface area contributed by atoms with Gasteiger partial charge in [0.15, 0.2) is 0 Å². The van der Waals surface area contributed by atoms with Gasteiger partial charge in [-0.2, -0.15) is 0 Å². The van der Waals surface area contributed by atoms with Crippen LogP contribution in [-0.2, 0) is 0 Å². The van der Waals surface area contributed by atoms with E-state index in [1.54, 1.807) is 11.9 Å². The van der Waals surface area contributed by atoms with E-state index in [1.807, 2.05) is 0 Å². The molecule has 5 heteroatoms. The summed E-state index contributed by atoms with van der Waals surface area (Å²) in [7, 11) is 1.78. The molecule has 0 unspecified atom stereocenters. The van der Waals surface area contributed by atoms with E-state index in [1.165, 1.54) is 6.07 Å². The molecule has 0 aliphatic carbocycles. The molecule has 0 aliphatic rings. The van der Waals surface area contributed by atoms with Crippen molar-refractivity contribution in [2.24, 2.45) is 11.7 Å². The molecule has 4 nitrogen and oxygen atoms in total. The van der Waals surface area contributed by atoms with Crippen LogP contribution in [0.4, 0.5) is 15.8 Å². The highest BCUT2D eigenvalue weighted by atomic mass is 19.1. The van der Waals surface area contributed by atoms with Crippen LogP contribution in [0, 0.1) is 11.7 Å². The maximum atomic E-state index is 13.8. The van der Waals surface area contributed by atoms with Gasteiger partial charge in [0.2, 0.25) is 0 Å². The van der Waals surface area contributed by atoms with Crippen molar-refractivity contribution in [2.75, 3.05) is 24.2 Å². The Hall–Kier alpha value is -1.78. The number of rotatable bonds is 5. The molecule has 1 aromatic carbocycles. The normalized spacial score (nSPS) is 10.7. The van der Waals surface area contributed by atoms with Crippen LogP contribution in [0.15, 0.2) is 12.1 Å². The van der Waals surface area contributed by atoms with E-state index in [0.717, 1.165) is 12.5 Å². The Balaban J connectivity index is 3.01. The minimum atomic E-state index is -0.647. The van der Waals surface area contributed by atoms with Crippen LogP contribution in [0.1, 0.15) is 30.6 Å². The number of nitrogens with zero attached hydrogens (tertiary/aromatic N) is 1. The van der Waals surface area contributed by atoms with Gasteiger partial charge in [-0.25, -0.2) is 4.39 Å². The van der Waals surface area contributed by atoms with Crippen molar-refractivity contribution < 1.29 is 9.18 Å². The first-order valence-corrected chi connectivity index (χ1v) is 5.93. The summed E-state index contributed by atoms with van der Waals surface area (Å²) in [6, 6.07) is 2.55. The van der Waals surface area contributed by atoms with Gasteiger partial charge in [-0.15, -0.1) is 0 Å². The van der Waals surface area contributed by atoms with E-state index in [9.17, 15) is 9.18 Å². The lowest BCUT2D eigenvalue weighted by molar-refractivity contribution is 0.100. The number of primary amides is 1. The Kier molecular flexibility index (Phi) is 4.53. The zero-order valence-electron chi connectivity index (χ0n) is 11.0. The van der Waals surface area contributed by atoms with Crippen LogP contribution in [0.2, 0.25) is 0 Å². The van der Waals surface area contributed by atoms with Gasteiger partial charge in [-0.3, -0.25) is 4.79 Å². The molecular formula is C13H20FN3O. The Morgan fingerprint density at radius 3 is 2.56 bits per heavy atom. The molecular weight excluding hydrogens is 233 g/mol. The number of anilines is 2. The third-order valence-corrected chi connectivity index (χ3v) is 2.84. The van der Waals surface area contributed by atoms with Crippen molar-refractivity contribution in [1.29, 1.82) is 0 Å². The molecule has 0 saturated heterocycles. The summed E-state index contributed by atoms with van der Waals surface area (Å²) < 4.78 is 13.8. The van der Waals surface area contributed by atoms with Crippen molar-refractivity contribution >= 4 is 17.3 Å². The fraction of sp³-hybridized carbons (Fsp3) is 0.462. The predicted octanol–water partition coefficient (Wildman–Crippen LogP) is 1.99. The van der Waals surface area contributed by atoms with Gasteiger partial charge in [-0.1, -0.05) is 13.8 Å². The molecule has 0 heterocycles. The van der Waals surface area contributed by atoms with Gasteiger partial charge in [-0.05, 0) is 24.5 Å². The van der Waals surface area contributed by atoms with Crippen LogP contribution in [0.5, 0.6) is 0 Å². The molecule has 0 spiro atoms. The van der Waals surface area contributed by atoms with Crippen LogP contribution in [0.3, 0.4) is 0 Å². The van der Waals surface area contributed by atoms with Crippen molar-refractivity contribution in [3.05, 3.63) is 23.5 Å². The Morgan fingerprint density at radius 1 is 1.44 bits per heavy atom. The average molecular weight is 253 g/mol. The number of carbonyl (C=O) groups excluding carboxylic acids is 1. The van der Waals surface area contributed by atoms with Crippen LogP contribution >= 0.6 is 0 Å². The summed E-state index contributed by atoms with van der Waals surface area (Å²) in [5.74, 6) is -0.560. The number of hydrogen-bond donors (Lipinski definition) is 2. The highest BCUT2D eigenvalue weighted by Gasteiger charge is 2.14. The topological polar surface area (TPSA) is 72.3 Å². The number of amides is 1. The van der Waals surface area contributed by atoms with E-state index in [-0.39, 0.29) is 11.3 Å². The molecule has 1 amide bonds. The fourth-order valence-electron chi connectivity index (χ4n) is 1.66. The summed E-state index contributed by atoms with van der Waals surface area (Å²) in [5.41, 5.74) is 11.3. The third kappa shape index (κ3) is 3.35. The van der Waals surface area contributed by atoms with E-state index < -0.39 is 11.7 Å². The standard InChI is InChI=1S/C13H20FN3O/c1-8(2)4-5-17(3)12-6-9(13(16)18)11(15)7-10(12)14/h6-8H,4-5,15H2,1-3H3,(H2,16,18). The van der Waals surface area contributed by atoms with Crippen LogP contribution < -0.4 is 16.4 Å². The molecule has 0 aromatic heterocycles. The van der Waals surface area contributed by atoms with Gasteiger partial charge in [0.1, 0.15) is 5.82 Å². The van der Waals surface area contributed by atoms with E-state index >= 15 is 0 Å². The number of hydrogen-bond acceptors (Lipinski definition) is 3. The molecule has 0 radical (unpaired) electrons. The molecule has 100 valence electrons. The lowest BCUT2D eigenvalue weighted by Crippen LogP contribution is -2.22. The average Bonchev–Trinajstić information content (AvgIpc) is 2.25. The van der Waals surface area contributed by atoms with E-state index in [4.69, 9.17) is 11.5 Å². The maximum Gasteiger partial charge on any atom is 0.250 e. The molecule has 0 saturated carbocycles. The maximum absolute atomic E-state index is 13.8. The predicted molar refractivity (Wildman–Crippen MR) is 72.1 cm³/mol. The number of carbonyl (C=O) groups is 1. The molecule has 0 bridgehead atoms. The number of nitrogen functional groups attached to an aromatic ring is 1. The van der Waals surface area contributed by atoms with Gasteiger partial charge in [0.05, 0.1) is 11.3 Å². The molecule has 0 fully saturated rings. The SMILES string of the molecule is CC(C)CCN(C)c1cc(C(N)=O)c(N)cc1F. The summed E-state index contributed by atoms with van der Waals surface area (Å²) >= 11 is 0. The fourth-order valence-corrected chi connectivity index (χ4v) is 1.66. The molecule has 0 atom stereocenters. The zero-order chi connectivity index (χ0) is 13.9. The number of halogens is 1. The van der Waals surface area contributed by atoms with Gasteiger partial charge >= 0.3 is 0 Å². The summed E-state index contributed by atoms with van der Waals surface area (Å²) in [6.07, 6.45) is 0.937. The zero-order valence-corrected chi connectivity index (χ0v) is 11.0. The van der Waals surface area contributed by atoms with E-state index in [0.29, 0.717) is 18.2 Å². The van der Waals surface area contributed by atoms with Gasteiger partial charge in [0, 0.05) is 19.3 Å². The minimum absolute atomic E-state index is 0.0704. The Labute approximate surface area is 107 Å². The van der Waals surface area contributed by atoms with Crippen molar-refractivity contribution in [3.63, 3.8) is 0 Å². The molecule has 0 aliphatic heterocycles. The molecule has 1 rings (SSSR count). The van der Waals surface area contributed by atoms with Gasteiger partial charge in [0.25, 0.3) is 5.91 Å². The Bertz CT molecular complexity index is 446. The second-order valence-corrected chi connectivity index (χ2v) is 4.86. The Morgan fingerprint density at radius 2 is 2.06 bits per heavy atom. The first-order valence-electron chi connectivity index (χ1n) is 5.93. The molecule has 4 N–H and O–H groups in total. The minimum Gasteiger partial charge on any atom is -0.398 e. The molecule has 1 aromatic rings. The first-order chi connectivity index (χ1) is 8.32. The highest BCUT2D eigenvalue weighted by Crippen LogP contribution is 2.25. The largest absolute Gasteiger partial charge is 0.398 e. The highest BCUT2D eigenvalue weighted by molar-refractivity contribution is 5.99. The smallest absolute Gasteiger partial charge is 0.250 e. The lowest BCUT2D eigenvalue weighted by Gasteiger charge is -2.22.